The molecule has 2 aromatic carbocycles. The first kappa shape index (κ1) is 20.0. The van der Waals surface area contributed by atoms with Gasteiger partial charge in [-0.15, -0.1) is 11.8 Å². The molecule has 0 spiro atoms. The molecule has 2 aromatic rings. The summed E-state index contributed by atoms with van der Waals surface area (Å²) in [6, 6.07) is 13.5. The van der Waals surface area contributed by atoms with Crippen molar-refractivity contribution in [3.8, 4) is 5.75 Å². The molecular formula is C18H20FN3O2S2. The summed E-state index contributed by atoms with van der Waals surface area (Å²) in [6.07, 6.45) is 0. The Morgan fingerprint density at radius 1 is 1.12 bits per heavy atom. The fourth-order valence-electron chi connectivity index (χ4n) is 1.97. The number of ether oxygens (including phenoxy) is 1. The Morgan fingerprint density at radius 3 is 2.46 bits per heavy atom. The summed E-state index contributed by atoms with van der Waals surface area (Å²) in [4.78, 5) is 11.8. The van der Waals surface area contributed by atoms with Crippen LogP contribution in [0.15, 0.2) is 48.5 Å². The van der Waals surface area contributed by atoms with Crippen LogP contribution in [-0.4, -0.2) is 23.4 Å². The number of carbonyl (C=O) groups excluding carboxylic acids is 1. The van der Waals surface area contributed by atoms with Gasteiger partial charge in [-0.25, -0.2) is 4.39 Å². The van der Waals surface area contributed by atoms with E-state index in [0.29, 0.717) is 12.4 Å². The lowest BCUT2D eigenvalue weighted by Crippen LogP contribution is -2.44. The molecule has 0 aliphatic carbocycles. The van der Waals surface area contributed by atoms with Crippen LogP contribution in [0.2, 0.25) is 0 Å². The quantitative estimate of drug-likeness (QED) is 0.495. The van der Waals surface area contributed by atoms with Gasteiger partial charge in [-0.1, -0.05) is 12.1 Å². The van der Waals surface area contributed by atoms with Gasteiger partial charge in [0.15, 0.2) is 5.11 Å². The largest absolute Gasteiger partial charge is 0.494 e. The van der Waals surface area contributed by atoms with Crippen LogP contribution in [0, 0.1) is 5.82 Å². The highest BCUT2D eigenvalue weighted by atomic mass is 32.2. The smallest absolute Gasteiger partial charge is 0.248 e. The van der Waals surface area contributed by atoms with Crippen molar-refractivity contribution in [3.05, 3.63) is 59.9 Å². The molecule has 5 nitrogen and oxygen atoms in total. The Balaban J connectivity index is 1.64. The number of hydrazine groups is 1. The number of amides is 1. The van der Waals surface area contributed by atoms with E-state index in [4.69, 9.17) is 17.0 Å². The summed E-state index contributed by atoms with van der Waals surface area (Å²) in [5.41, 5.74) is 6.93. The molecule has 0 aliphatic rings. The predicted molar refractivity (Wildman–Crippen MR) is 108 cm³/mol. The molecule has 8 heteroatoms. The molecule has 138 valence electrons. The van der Waals surface area contributed by atoms with Crippen molar-refractivity contribution >= 4 is 40.7 Å². The highest BCUT2D eigenvalue weighted by Crippen LogP contribution is 2.15. The van der Waals surface area contributed by atoms with E-state index in [2.05, 4.69) is 16.2 Å². The Bertz CT molecular complexity index is 724. The maximum absolute atomic E-state index is 12.8. The monoisotopic (exact) mass is 393 g/mol. The van der Waals surface area contributed by atoms with Crippen molar-refractivity contribution in [2.45, 2.75) is 12.7 Å². The van der Waals surface area contributed by atoms with Gasteiger partial charge in [0.2, 0.25) is 5.91 Å². The molecule has 1 amide bonds. The second kappa shape index (κ2) is 10.6. The van der Waals surface area contributed by atoms with Gasteiger partial charge in [-0.3, -0.25) is 15.6 Å². The van der Waals surface area contributed by atoms with Crippen LogP contribution in [-0.2, 0) is 10.5 Å². The van der Waals surface area contributed by atoms with Crippen LogP contribution >= 0.6 is 24.0 Å². The van der Waals surface area contributed by atoms with Crippen LogP contribution in [0.3, 0.4) is 0 Å². The number of carbonyl (C=O) groups is 1. The van der Waals surface area contributed by atoms with E-state index in [1.165, 1.54) is 23.9 Å². The van der Waals surface area contributed by atoms with E-state index in [9.17, 15) is 9.18 Å². The van der Waals surface area contributed by atoms with Gasteiger partial charge in [-0.2, -0.15) is 0 Å². The zero-order valence-corrected chi connectivity index (χ0v) is 15.9. The molecule has 0 saturated heterocycles. The van der Waals surface area contributed by atoms with Gasteiger partial charge in [0.25, 0.3) is 0 Å². The fourth-order valence-corrected chi connectivity index (χ4v) is 2.92. The molecular weight excluding hydrogens is 373 g/mol. The number of anilines is 1. The third-order valence-corrected chi connectivity index (χ3v) is 4.36. The van der Waals surface area contributed by atoms with Gasteiger partial charge in [0.1, 0.15) is 11.6 Å². The van der Waals surface area contributed by atoms with Crippen molar-refractivity contribution in [1.82, 2.24) is 10.9 Å². The number of hydrogen-bond donors (Lipinski definition) is 3. The summed E-state index contributed by atoms with van der Waals surface area (Å²) in [5.74, 6) is 1.20. The standard InChI is InChI=1S/C18H20FN3O2S2/c1-2-24-16-9-7-15(8-10-16)20-18(25)22-21-17(23)12-26-11-13-3-5-14(19)6-4-13/h3-10H,2,11-12H2,1H3,(H,21,23)(H2,20,22,25). The molecule has 0 unspecified atom stereocenters. The van der Waals surface area contributed by atoms with E-state index in [1.807, 2.05) is 31.2 Å². The van der Waals surface area contributed by atoms with Crippen LogP contribution in [0.1, 0.15) is 12.5 Å². The second-order valence-electron chi connectivity index (χ2n) is 5.20. The van der Waals surface area contributed by atoms with Crippen molar-refractivity contribution < 1.29 is 13.9 Å². The fraction of sp³-hybridized carbons (Fsp3) is 0.222. The summed E-state index contributed by atoms with van der Waals surface area (Å²) in [7, 11) is 0. The molecule has 26 heavy (non-hydrogen) atoms. The topological polar surface area (TPSA) is 62.4 Å². The molecule has 0 heterocycles. The normalized spacial score (nSPS) is 10.1. The third kappa shape index (κ3) is 7.28. The van der Waals surface area contributed by atoms with Gasteiger partial charge < -0.3 is 10.1 Å². The second-order valence-corrected chi connectivity index (χ2v) is 6.60. The average Bonchev–Trinajstić information content (AvgIpc) is 2.63. The maximum Gasteiger partial charge on any atom is 0.248 e. The van der Waals surface area contributed by atoms with Crippen molar-refractivity contribution in [2.24, 2.45) is 0 Å². The van der Waals surface area contributed by atoms with Crippen LogP contribution in [0.5, 0.6) is 5.75 Å². The van der Waals surface area contributed by atoms with Crippen LogP contribution in [0.4, 0.5) is 10.1 Å². The highest BCUT2D eigenvalue weighted by Gasteiger charge is 2.04. The third-order valence-electron chi connectivity index (χ3n) is 3.15. The number of thiocarbonyl (C=S) groups is 1. The molecule has 3 N–H and O–H groups in total. The van der Waals surface area contributed by atoms with E-state index in [1.54, 1.807) is 12.1 Å². The van der Waals surface area contributed by atoms with Gasteiger partial charge >= 0.3 is 0 Å². The predicted octanol–water partition coefficient (Wildman–Crippen LogP) is 3.48. The Morgan fingerprint density at radius 2 is 1.81 bits per heavy atom. The van der Waals surface area contributed by atoms with Crippen LogP contribution in [0.25, 0.3) is 0 Å². The van der Waals surface area contributed by atoms with Crippen LogP contribution < -0.4 is 20.9 Å². The van der Waals surface area contributed by atoms with E-state index in [0.717, 1.165) is 17.0 Å². The first-order chi connectivity index (χ1) is 12.6. The molecule has 0 aliphatic heterocycles. The SMILES string of the molecule is CCOc1ccc(NC(=S)NNC(=O)CSCc2ccc(F)cc2)cc1. The number of hydrogen-bond acceptors (Lipinski definition) is 4. The first-order valence-electron chi connectivity index (χ1n) is 7.97. The first-order valence-corrected chi connectivity index (χ1v) is 9.54. The van der Waals surface area contributed by atoms with Gasteiger partial charge in [0, 0.05) is 11.4 Å². The summed E-state index contributed by atoms with van der Waals surface area (Å²) < 4.78 is 18.2. The molecule has 0 atom stereocenters. The lowest BCUT2D eigenvalue weighted by Gasteiger charge is -2.12. The molecule has 0 radical (unpaired) electrons. The number of rotatable bonds is 7. The zero-order chi connectivity index (χ0) is 18.8. The minimum absolute atomic E-state index is 0.201. The summed E-state index contributed by atoms with van der Waals surface area (Å²) in [6.45, 7) is 2.53. The Hall–Kier alpha value is -2.32. The highest BCUT2D eigenvalue weighted by molar-refractivity contribution is 7.99. The van der Waals surface area contributed by atoms with Gasteiger partial charge in [0.05, 0.1) is 12.4 Å². The summed E-state index contributed by atoms with van der Waals surface area (Å²) in [5, 5.41) is 3.24. The number of thioether (sulfide) groups is 1. The minimum atomic E-state index is -0.269. The average molecular weight is 394 g/mol. The maximum atomic E-state index is 12.8. The number of benzene rings is 2. The lowest BCUT2D eigenvalue weighted by molar-refractivity contribution is -0.119. The van der Waals surface area contributed by atoms with Gasteiger partial charge in [-0.05, 0) is 61.1 Å². The number of nitrogens with one attached hydrogen (secondary N) is 3. The zero-order valence-electron chi connectivity index (χ0n) is 14.3. The number of halogens is 1. The lowest BCUT2D eigenvalue weighted by atomic mass is 10.2. The Labute approximate surface area is 161 Å². The van der Waals surface area contributed by atoms with E-state index < -0.39 is 0 Å². The Kier molecular flexibility index (Phi) is 8.17. The molecule has 0 aromatic heterocycles. The van der Waals surface area contributed by atoms with E-state index >= 15 is 0 Å². The molecule has 2 rings (SSSR count). The van der Waals surface area contributed by atoms with E-state index in [-0.39, 0.29) is 22.6 Å². The van der Waals surface area contributed by atoms with Crippen molar-refractivity contribution in [2.75, 3.05) is 17.7 Å². The molecule has 0 fully saturated rings. The summed E-state index contributed by atoms with van der Waals surface area (Å²) >= 11 is 6.56. The molecule has 0 saturated carbocycles. The minimum Gasteiger partial charge on any atom is -0.494 e. The van der Waals surface area contributed by atoms with Crippen molar-refractivity contribution in [1.29, 1.82) is 0 Å². The van der Waals surface area contributed by atoms with Crippen molar-refractivity contribution in [3.63, 3.8) is 0 Å². The molecule has 0 bridgehead atoms.